The highest BCUT2D eigenvalue weighted by molar-refractivity contribution is 4.88. The summed E-state index contributed by atoms with van der Waals surface area (Å²) in [6, 6.07) is 0.314. The maximum absolute atomic E-state index is 9.08. The topological polar surface area (TPSA) is 35.5 Å². The molecule has 12 heavy (non-hydrogen) atoms. The fraction of sp³-hybridized carbons (Fsp3) is 0.889. The predicted octanol–water partition coefficient (Wildman–Crippen LogP) is -0.133. The van der Waals surface area contributed by atoms with Crippen molar-refractivity contribution in [3.63, 3.8) is 0 Å². The molecule has 3 nitrogen and oxygen atoms in total. The fourth-order valence-corrected chi connectivity index (χ4v) is 1.60. The molecule has 0 spiro atoms. The molecule has 0 amide bonds. The molecular weight excluding hydrogens is 152 g/mol. The second kappa shape index (κ2) is 4.80. The molecule has 0 aromatic heterocycles. The summed E-state index contributed by atoms with van der Waals surface area (Å²) in [6.45, 7) is 8.57. The van der Waals surface area contributed by atoms with Crippen LogP contribution in [0, 0.1) is 5.92 Å². The van der Waals surface area contributed by atoms with Crippen molar-refractivity contribution in [2.75, 3.05) is 32.8 Å². The van der Waals surface area contributed by atoms with Crippen LogP contribution in [0.25, 0.3) is 0 Å². The van der Waals surface area contributed by atoms with Crippen molar-refractivity contribution in [2.45, 2.75) is 19.9 Å². The van der Waals surface area contributed by atoms with E-state index in [-0.39, 0.29) is 6.61 Å². The van der Waals surface area contributed by atoms with Gasteiger partial charge in [-0.3, -0.25) is 4.90 Å². The van der Waals surface area contributed by atoms with Crippen LogP contribution >= 0.6 is 0 Å². The van der Waals surface area contributed by atoms with Crippen LogP contribution in [-0.4, -0.2) is 48.8 Å². The van der Waals surface area contributed by atoms with Gasteiger partial charge >= 0.3 is 0 Å². The summed E-state index contributed by atoms with van der Waals surface area (Å²) >= 11 is 0. The van der Waals surface area contributed by atoms with Gasteiger partial charge in [0, 0.05) is 32.2 Å². The molecule has 1 fully saturated rings. The molecule has 0 aromatic carbocycles. The summed E-state index contributed by atoms with van der Waals surface area (Å²) in [5.41, 5.74) is 0. The molecule has 0 saturated carbocycles. The first-order chi connectivity index (χ1) is 5.74. The second-order valence-corrected chi connectivity index (χ2v) is 3.72. The first-order valence-electron chi connectivity index (χ1n) is 4.58. The van der Waals surface area contributed by atoms with E-state index in [0.29, 0.717) is 6.04 Å². The van der Waals surface area contributed by atoms with E-state index in [1.807, 2.05) is 0 Å². The fourth-order valence-electron chi connectivity index (χ4n) is 1.60. The SMILES string of the molecule is C[C](C)CN1CCNCC1CO. The highest BCUT2D eigenvalue weighted by Crippen LogP contribution is 2.07. The zero-order chi connectivity index (χ0) is 8.97. The van der Waals surface area contributed by atoms with Gasteiger partial charge in [0.2, 0.25) is 0 Å². The zero-order valence-corrected chi connectivity index (χ0v) is 8.01. The first kappa shape index (κ1) is 9.96. The van der Waals surface area contributed by atoms with Crippen molar-refractivity contribution in [1.82, 2.24) is 10.2 Å². The Morgan fingerprint density at radius 2 is 2.33 bits per heavy atom. The Hall–Kier alpha value is -0.120. The number of aliphatic hydroxyl groups is 1. The van der Waals surface area contributed by atoms with Crippen molar-refractivity contribution in [2.24, 2.45) is 0 Å². The summed E-state index contributed by atoms with van der Waals surface area (Å²) in [4.78, 5) is 2.34. The molecule has 1 radical (unpaired) electrons. The number of hydrogen-bond acceptors (Lipinski definition) is 3. The second-order valence-electron chi connectivity index (χ2n) is 3.72. The lowest BCUT2D eigenvalue weighted by molar-refractivity contribution is 0.105. The largest absolute Gasteiger partial charge is 0.395 e. The van der Waals surface area contributed by atoms with Crippen molar-refractivity contribution in [3.05, 3.63) is 5.92 Å². The maximum atomic E-state index is 9.08. The maximum Gasteiger partial charge on any atom is 0.0599 e. The summed E-state index contributed by atoms with van der Waals surface area (Å²) < 4.78 is 0. The zero-order valence-electron chi connectivity index (χ0n) is 8.01. The van der Waals surface area contributed by atoms with Gasteiger partial charge in [-0.05, 0) is 5.92 Å². The van der Waals surface area contributed by atoms with Crippen molar-refractivity contribution in [3.8, 4) is 0 Å². The average molecular weight is 171 g/mol. The van der Waals surface area contributed by atoms with E-state index >= 15 is 0 Å². The molecule has 2 N–H and O–H groups in total. The van der Waals surface area contributed by atoms with E-state index < -0.39 is 0 Å². The Kier molecular flexibility index (Phi) is 3.98. The smallest absolute Gasteiger partial charge is 0.0599 e. The molecule has 1 aliphatic rings. The molecule has 1 saturated heterocycles. The third kappa shape index (κ3) is 2.73. The van der Waals surface area contributed by atoms with Crippen LogP contribution in [0.4, 0.5) is 0 Å². The molecule has 71 valence electrons. The summed E-state index contributed by atoms with van der Waals surface area (Å²) in [5.74, 6) is 1.41. The number of rotatable bonds is 3. The van der Waals surface area contributed by atoms with Gasteiger partial charge in [-0.1, -0.05) is 13.8 Å². The highest BCUT2D eigenvalue weighted by Gasteiger charge is 2.21. The van der Waals surface area contributed by atoms with Crippen LogP contribution < -0.4 is 5.32 Å². The quantitative estimate of drug-likeness (QED) is 0.621. The van der Waals surface area contributed by atoms with Gasteiger partial charge in [-0.15, -0.1) is 0 Å². The van der Waals surface area contributed by atoms with Crippen molar-refractivity contribution < 1.29 is 5.11 Å². The Balaban J connectivity index is 2.36. The van der Waals surface area contributed by atoms with Gasteiger partial charge in [0.25, 0.3) is 0 Å². The molecule has 1 aliphatic heterocycles. The van der Waals surface area contributed by atoms with Gasteiger partial charge in [-0.2, -0.15) is 0 Å². The molecule has 1 heterocycles. The van der Waals surface area contributed by atoms with Crippen LogP contribution in [0.5, 0.6) is 0 Å². The lowest BCUT2D eigenvalue weighted by atomic mass is 10.1. The van der Waals surface area contributed by atoms with Gasteiger partial charge in [-0.25, -0.2) is 0 Å². The monoisotopic (exact) mass is 171 g/mol. The predicted molar refractivity (Wildman–Crippen MR) is 49.9 cm³/mol. The molecule has 1 rings (SSSR count). The van der Waals surface area contributed by atoms with Gasteiger partial charge in [0.1, 0.15) is 0 Å². The summed E-state index contributed by atoms with van der Waals surface area (Å²) in [7, 11) is 0. The third-order valence-corrected chi connectivity index (χ3v) is 2.20. The molecule has 0 bridgehead atoms. The Labute approximate surface area is 74.8 Å². The minimum atomic E-state index is 0.264. The Morgan fingerprint density at radius 1 is 1.58 bits per heavy atom. The van der Waals surface area contributed by atoms with E-state index in [1.54, 1.807) is 0 Å². The number of piperazine rings is 1. The Morgan fingerprint density at radius 3 is 2.92 bits per heavy atom. The van der Waals surface area contributed by atoms with E-state index in [9.17, 15) is 0 Å². The first-order valence-corrected chi connectivity index (χ1v) is 4.58. The minimum Gasteiger partial charge on any atom is -0.395 e. The van der Waals surface area contributed by atoms with E-state index in [0.717, 1.165) is 26.2 Å². The van der Waals surface area contributed by atoms with Crippen molar-refractivity contribution in [1.29, 1.82) is 0 Å². The minimum absolute atomic E-state index is 0.264. The summed E-state index contributed by atoms with van der Waals surface area (Å²) in [6.07, 6.45) is 0. The standard InChI is InChI=1S/C9H19N2O/c1-8(2)6-11-4-3-10-5-9(11)7-12/h9-10,12H,3-7H2,1-2H3. The van der Waals surface area contributed by atoms with Gasteiger partial charge in [0.05, 0.1) is 6.61 Å². The number of aliphatic hydroxyl groups excluding tert-OH is 1. The van der Waals surface area contributed by atoms with E-state index in [2.05, 4.69) is 24.1 Å². The molecule has 3 heteroatoms. The van der Waals surface area contributed by atoms with Gasteiger partial charge < -0.3 is 10.4 Å². The van der Waals surface area contributed by atoms with Crippen LogP contribution in [0.15, 0.2) is 0 Å². The number of nitrogens with one attached hydrogen (secondary N) is 1. The lowest BCUT2D eigenvalue weighted by Crippen LogP contribution is -2.53. The highest BCUT2D eigenvalue weighted by atomic mass is 16.3. The lowest BCUT2D eigenvalue weighted by Gasteiger charge is -2.35. The summed E-state index contributed by atoms with van der Waals surface area (Å²) in [5, 5.41) is 12.4. The molecular formula is C9H19N2O. The van der Waals surface area contributed by atoms with Gasteiger partial charge in [0.15, 0.2) is 0 Å². The van der Waals surface area contributed by atoms with E-state index in [4.69, 9.17) is 5.11 Å². The van der Waals surface area contributed by atoms with Crippen LogP contribution in [0.3, 0.4) is 0 Å². The molecule has 0 aliphatic carbocycles. The van der Waals surface area contributed by atoms with Crippen LogP contribution in [0.1, 0.15) is 13.8 Å². The van der Waals surface area contributed by atoms with Crippen molar-refractivity contribution >= 4 is 0 Å². The number of hydrogen-bond donors (Lipinski definition) is 2. The van der Waals surface area contributed by atoms with Crippen LogP contribution in [0.2, 0.25) is 0 Å². The molecule has 1 unspecified atom stereocenters. The van der Waals surface area contributed by atoms with Crippen LogP contribution in [-0.2, 0) is 0 Å². The molecule has 0 aromatic rings. The molecule has 1 atom stereocenters. The normalized spacial score (nSPS) is 26.5. The number of nitrogens with zero attached hydrogens (tertiary/aromatic N) is 1. The third-order valence-electron chi connectivity index (χ3n) is 2.20. The Bertz CT molecular complexity index is 128. The average Bonchev–Trinajstić information content (AvgIpc) is 2.04. The van der Waals surface area contributed by atoms with E-state index in [1.165, 1.54) is 5.92 Å².